The van der Waals surface area contributed by atoms with Crippen LogP contribution in [0.4, 0.5) is 0 Å². The molecule has 2 rings (SSSR count). The molecule has 0 radical (unpaired) electrons. The predicted octanol–water partition coefficient (Wildman–Crippen LogP) is 5.61. The van der Waals surface area contributed by atoms with E-state index in [-0.39, 0.29) is 0 Å². The van der Waals surface area contributed by atoms with Crippen LogP contribution in [0.1, 0.15) is 52.4 Å². The van der Waals surface area contributed by atoms with Gasteiger partial charge in [-0.15, -0.1) is 0 Å². The SMILES string of the molecule is C=C/C(=C\CCC[C@@]1(S(=O)(=O)c2ccccc2)CCC=C1OCC)CC. The highest BCUT2D eigenvalue weighted by atomic mass is 32.2. The quantitative estimate of drug-likeness (QED) is 0.395. The number of allylic oxidation sites excluding steroid dienone is 4. The molecule has 0 saturated heterocycles. The maximum absolute atomic E-state index is 13.5. The standard InChI is InChI=1S/C22H30O3S/c1-4-19(5-2)13-10-11-17-22(18-12-16-21(22)25-6-3)26(23,24)20-14-8-7-9-15-20/h4,7-9,13-16H,1,5-6,10-12,17-18H2,2-3H3/b19-13+/t22-/m1/s1. The number of unbranched alkanes of at least 4 members (excludes halogenated alkanes) is 1. The largest absolute Gasteiger partial charge is 0.497 e. The molecule has 0 unspecified atom stereocenters. The average Bonchev–Trinajstić information content (AvgIpc) is 3.07. The summed E-state index contributed by atoms with van der Waals surface area (Å²) in [6.45, 7) is 8.31. The smallest absolute Gasteiger partial charge is 0.191 e. The van der Waals surface area contributed by atoms with E-state index >= 15 is 0 Å². The van der Waals surface area contributed by atoms with Crippen molar-refractivity contribution in [3.8, 4) is 0 Å². The summed E-state index contributed by atoms with van der Waals surface area (Å²) in [7, 11) is -3.52. The molecule has 0 fully saturated rings. The van der Waals surface area contributed by atoms with Gasteiger partial charge in [-0.05, 0) is 63.7 Å². The van der Waals surface area contributed by atoms with E-state index < -0.39 is 14.6 Å². The molecule has 1 atom stereocenters. The minimum absolute atomic E-state index is 0.378. The molecule has 0 spiro atoms. The summed E-state index contributed by atoms with van der Waals surface area (Å²) in [4.78, 5) is 0.378. The molecule has 0 aromatic heterocycles. The second-order valence-electron chi connectivity index (χ2n) is 6.58. The van der Waals surface area contributed by atoms with Crippen molar-refractivity contribution < 1.29 is 13.2 Å². The monoisotopic (exact) mass is 374 g/mol. The first-order chi connectivity index (χ1) is 12.5. The molecule has 1 aliphatic carbocycles. The summed E-state index contributed by atoms with van der Waals surface area (Å²) >= 11 is 0. The fourth-order valence-corrected chi connectivity index (χ4v) is 5.79. The molecule has 4 heteroatoms. The zero-order valence-electron chi connectivity index (χ0n) is 15.9. The Morgan fingerprint density at radius 2 is 2.00 bits per heavy atom. The Morgan fingerprint density at radius 3 is 2.62 bits per heavy atom. The van der Waals surface area contributed by atoms with Crippen LogP contribution >= 0.6 is 0 Å². The summed E-state index contributed by atoms with van der Waals surface area (Å²) in [6, 6.07) is 8.77. The lowest BCUT2D eigenvalue weighted by Crippen LogP contribution is -2.39. The number of hydrogen-bond donors (Lipinski definition) is 0. The maximum atomic E-state index is 13.5. The van der Waals surface area contributed by atoms with E-state index in [1.54, 1.807) is 24.3 Å². The number of sulfone groups is 1. The van der Waals surface area contributed by atoms with E-state index in [2.05, 4.69) is 19.6 Å². The van der Waals surface area contributed by atoms with Gasteiger partial charge in [0.2, 0.25) is 0 Å². The van der Waals surface area contributed by atoms with E-state index in [0.717, 1.165) is 25.7 Å². The molecular formula is C22H30O3S. The van der Waals surface area contributed by atoms with Crippen molar-refractivity contribution in [1.29, 1.82) is 0 Å². The zero-order valence-corrected chi connectivity index (χ0v) is 16.7. The summed E-state index contributed by atoms with van der Waals surface area (Å²) in [5.74, 6) is 0.632. The molecule has 1 aromatic rings. The summed E-state index contributed by atoms with van der Waals surface area (Å²) in [5, 5.41) is 0. The Hall–Kier alpha value is -1.81. The van der Waals surface area contributed by atoms with Gasteiger partial charge in [0, 0.05) is 0 Å². The number of ether oxygens (including phenoxy) is 1. The Balaban J connectivity index is 2.31. The van der Waals surface area contributed by atoms with Crippen LogP contribution in [0.5, 0.6) is 0 Å². The number of benzene rings is 1. The fraction of sp³-hybridized carbons (Fsp3) is 0.455. The van der Waals surface area contributed by atoms with Crippen molar-refractivity contribution in [1.82, 2.24) is 0 Å². The van der Waals surface area contributed by atoms with Gasteiger partial charge >= 0.3 is 0 Å². The van der Waals surface area contributed by atoms with Crippen LogP contribution in [0.15, 0.2) is 71.4 Å². The molecule has 0 N–H and O–H groups in total. The van der Waals surface area contributed by atoms with E-state index in [1.165, 1.54) is 5.57 Å². The van der Waals surface area contributed by atoms with Crippen LogP contribution in [0.3, 0.4) is 0 Å². The first-order valence-corrected chi connectivity index (χ1v) is 10.9. The first kappa shape index (κ1) is 20.5. The van der Waals surface area contributed by atoms with Crippen molar-refractivity contribution in [2.24, 2.45) is 0 Å². The van der Waals surface area contributed by atoms with Crippen LogP contribution in [0.2, 0.25) is 0 Å². The van der Waals surface area contributed by atoms with Gasteiger partial charge < -0.3 is 4.74 Å². The minimum atomic E-state index is -3.52. The zero-order chi connectivity index (χ0) is 19.0. The van der Waals surface area contributed by atoms with Gasteiger partial charge in [-0.2, -0.15) is 0 Å². The second kappa shape index (κ2) is 9.22. The maximum Gasteiger partial charge on any atom is 0.191 e. The molecule has 0 saturated carbocycles. The third-order valence-electron chi connectivity index (χ3n) is 5.06. The van der Waals surface area contributed by atoms with Gasteiger partial charge in [-0.1, -0.05) is 49.4 Å². The minimum Gasteiger partial charge on any atom is -0.497 e. The predicted molar refractivity (Wildman–Crippen MR) is 108 cm³/mol. The van der Waals surface area contributed by atoms with Crippen LogP contribution in [-0.4, -0.2) is 19.8 Å². The summed E-state index contributed by atoms with van der Waals surface area (Å²) in [6.07, 6.45) is 10.5. The van der Waals surface area contributed by atoms with Crippen molar-refractivity contribution in [2.45, 2.75) is 62.0 Å². The molecular weight excluding hydrogens is 344 g/mol. The van der Waals surface area contributed by atoms with E-state index in [1.807, 2.05) is 25.1 Å². The van der Waals surface area contributed by atoms with Crippen molar-refractivity contribution in [3.63, 3.8) is 0 Å². The van der Waals surface area contributed by atoms with Gasteiger partial charge in [0.15, 0.2) is 9.84 Å². The highest BCUT2D eigenvalue weighted by Gasteiger charge is 2.50. The van der Waals surface area contributed by atoms with Gasteiger partial charge in [0.1, 0.15) is 10.5 Å². The van der Waals surface area contributed by atoms with Crippen molar-refractivity contribution in [2.75, 3.05) is 6.61 Å². The average molecular weight is 375 g/mol. The van der Waals surface area contributed by atoms with Gasteiger partial charge in [-0.25, -0.2) is 8.42 Å². The molecule has 0 amide bonds. The molecule has 0 bridgehead atoms. The summed E-state index contributed by atoms with van der Waals surface area (Å²) < 4.78 is 31.9. The molecule has 0 aliphatic heterocycles. The Labute approximate surface area is 158 Å². The second-order valence-corrected chi connectivity index (χ2v) is 8.84. The lowest BCUT2D eigenvalue weighted by atomic mass is 9.98. The third-order valence-corrected chi connectivity index (χ3v) is 7.59. The topological polar surface area (TPSA) is 43.4 Å². The molecule has 3 nitrogen and oxygen atoms in total. The lowest BCUT2D eigenvalue weighted by molar-refractivity contribution is 0.198. The van der Waals surface area contributed by atoms with Crippen LogP contribution < -0.4 is 0 Å². The Morgan fingerprint density at radius 1 is 1.27 bits per heavy atom. The normalized spacial score (nSPS) is 20.7. The van der Waals surface area contributed by atoms with Crippen LogP contribution in [0.25, 0.3) is 0 Å². The lowest BCUT2D eigenvalue weighted by Gasteiger charge is -2.32. The molecule has 26 heavy (non-hydrogen) atoms. The number of hydrogen-bond acceptors (Lipinski definition) is 3. The fourth-order valence-electron chi connectivity index (χ4n) is 3.61. The van der Waals surface area contributed by atoms with Crippen LogP contribution in [-0.2, 0) is 14.6 Å². The Bertz CT molecular complexity index is 760. The Kier molecular flexibility index (Phi) is 7.27. The first-order valence-electron chi connectivity index (χ1n) is 9.46. The summed E-state index contributed by atoms with van der Waals surface area (Å²) in [5.41, 5.74) is 1.21. The van der Waals surface area contributed by atoms with Gasteiger partial charge in [0.05, 0.1) is 11.5 Å². The molecule has 1 aromatic carbocycles. The van der Waals surface area contributed by atoms with Gasteiger partial charge in [-0.3, -0.25) is 0 Å². The third kappa shape index (κ3) is 4.12. The molecule has 0 heterocycles. The van der Waals surface area contributed by atoms with Gasteiger partial charge in [0.25, 0.3) is 0 Å². The van der Waals surface area contributed by atoms with E-state index in [0.29, 0.717) is 30.1 Å². The molecule has 1 aliphatic rings. The van der Waals surface area contributed by atoms with Crippen molar-refractivity contribution in [3.05, 3.63) is 66.5 Å². The highest BCUT2D eigenvalue weighted by Crippen LogP contribution is 2.45. The molecule has 142 valence electrons. The van der Waals surface area contributed by atoms with Crippen molar-refractivity contribution >= 4 is 9.84 Å². The number of rotatable bonds is 10. The van der Waals surface area contributed by atoms with Crippen LogP contribution in [0, 0.1) is 0 Å². The highest BCUT2D eigenvalue weighted by molar-refractivity contribution is 7.93. The van der Waals surface area contributed by atoms with E-state index in [4.69, 9.17) is 4.74 Å². The van der Waals surface area contributed by atoms with E-state index in [9.17, 15) is 8.42 Å².